The van der Waals surface area contributed by atoms with Crippen molar-refractivity contribution in [2.75, 3.05) is 11.5 Å². The van der Waals surface area contributed by atoms with E-state index in [1.54, 1.807) is 12.7 Å². The minimum Gasteiger partial charge on any atom is -0.382 e. The van der Waals surface area contributed by atoms with Gasteiger partial charge < -0.3 is 20.6 Å². The fraction of sp³-hybridized carbons (Fsp3) is 0.231. The molecule has 0 atom stereocenters. The number of aromatic nitrogens is 8. The van der Waals surface area contributed by atoms with Gasteiger partial charge >= 0.3 is 0 Å². The van der Waals surface area contributed by atoms with E-state index in [9.17, 15) is 0 Å². The molecular formula is C13H14N10. The molecule has 116 valence electrons. The predicted octanol–water partition coefficient (Wildman–Crippen LogP) is 0.221. The lowest BCUT2D eigenvalue weighted by atomic mass is 10.4. The van der Waals surface area contributed by atoms with E-state index in [1.165, 1.54) is 12.7 Å². The van der Waals surface area contributed by atoms with Gasteiger partial charge in [0.15, 0.2) is 22.9 Å². The van der Waals surface area contributed by atoms with Crippen LogP contribution in [0.1, 0.15) is 6.42 Å². The Bertz CT molecular complexity index is 905. The normalized spacial score (nSPS) is 11.5. The summed E-state index contributed by atoms with van der Waals surface area (Å²) in [7, 11) is 0. The number of rotatable bonds is 4. The number of hydrogen-bond donors (Lipinski definition) is 2. The third-order valence-electron chi connectivity index (χ3n) is 3.66. The van der Waals surface area contributed by atoms with Crippen LogP contribution < -0.4 is 11.5 Å². The van der Waals surface area contributed by atoms with Gasteiger partial charge in [-0.1, -0.05) is 0 Å². The third kappa shape index (κ3) is 2.20. The Morgan fingerprint density at radius 3 is 1.65 bits per heavy atom. The molecule has 0 radical (unpaired) electrons. The number of anilines is 2. The zero-order valence-electron chi connectivity index (χ0n) is 12.2. The molecule has 0 unspecified atom stereocenters. The molecule has 10 heteroatoms. The monoisotopic (exact) mass is 310 g/mol. The molecule has 0 aliphatic carbocycles. The van der Waals surface area contributed by atoms with Gasteiger partial charge in [-0.15, -0.1) is 0 Å². The first kappa shape index (κ1) is 13.4. The molecule has 0 saturated carbocycles. The van der Waals surface area contributed by atoms with Gasteiger partial charge in [0.1, 0.15) is 23.7 Å². The van der Waals surface area contributed by atoms with E-state index < -0.39 is 0 Å². The Labute approximate surface area is 130 Å². The van der Waals surface area contributed by atoms with E-state index >= 15 is 0 Å². The highest BCUT2D eigenvalue weighted by Crippen LogP contribution is 2.16. The van der Waals surface area contributed by atoms with Crippen molar-refractivity contribution in [3.8, 4) is 0 Å². The van der Waals surface area contributed by atoms with Gasteiger partial charge in [-0.2, -0.15) is 0 Å². The molecule has 23 heavy (non-hydrogen) atoms. The molecule has 4 heterocycles. The van der Waals surface area contributed by atoms with Crippen LogP contribution >= 0.6 is 0 Å². The van der Waals surface area contributed by atoms with Gasteiger partial charge in [-0.05, 0) is 6.42 Å². The van der Waals surface area contributed by atoms with E-state index in [0.717, 1.165) is 30.8 Å². The van der Waals surface area contributed by atoms with Crippen molar-refractivity contribution in [3.63, 3.8) is 0 Å². The summed E-state index contributed by atoms with van der Waals surface area (Å²) in [6.45, 7) is 1.49. The van der Waals surface area contributed by atoms with E-state index in [1.807, 2.05) is 9.13 Å². The van der Waals surface area contributed by atoms with E-state index in [0.29, 0.717) is 22.7 Å². The van der Waals surface area contributed by atoms with Crippen LogP contribution in [0.15, 0.2) is 25.3 Å². The second kappa shape index (κ2) is 5.16. The smallest absolute Gasteiger partial charge is 0.165 e. The maximum absolute atomic E-state index is 5.79. The second-order valence-electron chi connectivity index (χ2n) is 5.09. The first-order chi connectivity index (χ1) is 11.2. The number of fused-ring (bicyclic) bond motifs is 2. The van der Waals surface area contributed by atoms with Crippen LogP contribution in [-0.4, -0.2) is 39.0 Å². The molecule has 0 fully saturated rings. The Morgan fingerprint density at radius 2 is 1.17 bits per heavy atom. The van der Waals surface area contributed by atoms with Crippen LogP contribution in [0.2, 0.25) is 0 Å². The molecule has 0 amide bonds. The van der Waals surface area contributed by atoms with E-state index in [4.69, 9.17) is 11.5 Å². The van der Waals surface area contributed by atoms with Crippen molar-refractivity contribution in [2.45, 2.75) is 19.5 Å². The Balaban J connectivity index is 1.53. The molecule has 4 N–H and O–H groups in total. The first-order valence-corrected chi connectivity index (χ1v) is 7.06. The second-order valence-corrected chi connectivity index (χ2v) is 5.09. The average molecular weight is 310 g/mol. The number of nitrogens with two attached hydrogens (primary N) is 2. The van der Waals surface area contributed by atoms with Crippen LogP contribution in [-0.2, 0) is 13.1 Å². The minimum atomic E-state index is 0.390. The predicted molar refractivity (Wildman–Crippen MR) is 84.1 cm³/mol. The van der Waals surface area contributed by atoms with Gasteiger partial charge in [0.2, 0.25) is 0 Å². The van der Waals surface area contributed by atoms with Crippen molar-refractivity contribution >= 4 is 34.0 Å². The van der Waals surface area contributed by atoms with E-state index in [2.05, 4.69) is 29.9 Å². The molecule has 4 rings (SSSR count). The molecule has 0 aliphatic rings. The highest BCUT2D eigenvalue weighted by atomic mass is 15.1. The maximum atomic E-state index is 5.79. The maximum Gasteiger partial charge on any atom is 0.165 e. The molecule has 0 saturated heterocycles. The summed E-state index contributed by atoms with van der Waals surface area (Å²) >= 11 is 0. The van der Waals surface area contributed by atoms with E-state index in [-0.39, 0.29) is 0 Å². The van der Waals surface area contributed by atoms with Crippen molar-refractivity contribution in [3.05, 3.63) is 25.3 Å². The van der Waals surface area contributed by atoms with Crippen molar-refractivity contribution in [1.82, 2.24) is 39.0 Å². The molecule has 0 aromatic carbocycles. The fourth-order valence-corrected chi connectivity index (χ4v) is 2.54. The van der Waals surface area contributed by atoms with Crippen LogP contribution in [0.5, 0.6) is 0 Å². The Kier molecular flexibility index (Phi) is 3.00. The van der Waals surface area contributed by atoms with Gasteiger partial charge in [0.05, 0.1) is 12.7 Å². The van der Waals surface area contributed by atoms with Crippen molar-refractivity contribution < 1.29 is 0 Å². The summed E-state index contributed by atoms with van der Waals surface area (Å²) in [5.74, 6) is 0.781. The molecule has 0 aliphatic heterocycles. The molecular weight excluding hydrogens is 296 g/mol. The molecule has 4 aromatic heterocycles. The van der Waals surface area contributed by atoms with Gasteiger partial charge in [-0.3, -0.25) is 0 Å². The van der Waals surface area contributed by atoms with Crippen LogP contribution in [0.3, 0.4) is 0 Å². The van der Waals surface area contributed by atoms with Crippen LogP contribution in [0.4, 0.5) is 11.6 Å². The third-order valence-corrected chi connectivity index (χ3v) is 3.66. The highest BCUT2D eigenvalue weighted by molar-refractivity contribution is 5.81. The largest absolute Gasteiger partial charge is 0.382 e. The first-order valence-electron chi connectivity index (χ1n) is 7.06. The van der Waals surface area contributed by atoms with Gasteiger partial charge in [0.25, 0.3) is 0 Å². The van der Waals surface area contributed by atoms with Crippen molar-refractivity contribution in [1.29, 1.82) is 0 Å². The summed E-state index contributed by atoms with van der Waals surface area (Å²) in [4.78, 5) is 24.8. The topological polar surface area (TPSA) is 139 Å². The van der Waals surface area contributed by atoms with Crippen LogP contribution in [0, 0.1) is 0 Å². The summed E-state index contributed by atoms with van der Waals surface area (Å²) < 4.78 is 3.91. The molecule has 0 bridgehead atoms. The van der Waals surface area contributed by atoms with Crippen LogP contribution in [0.25, 0.3) is 22.3 Å². The fourth-order valence-electron chi connectivity index (χ4n) is 2.54. The molecule has 4 aromatic rings. The van der Waals surface area contributed by atoms with Crippen molar-refractivity contribution in [2.24, 2.45) is 0 Å². The summed E-state index contributed by atoms with van der Waals surface area (Å²) in [5, 5.41) is 0. The number of nitrogen functional groups attached to an aromatic ring is 2. The summed E-state index contributed by atoms with van der Waals surface area (Å²) in [5.41, 5.74) is 14.3. The minimum absolute atomic E-state index is 0.390. The standard InChI is InChI=1S/C13H14N10/c14-10-8-12(18-4-16-10)22(6-20-8)2-1-3-23-7-21-9-11(15)17-5-19-13(9)23/h4-7H,1-3H2,(H2,14,16,18)(H2,15,17,19). The number of hydrogen-bond acceptors (Lipinski definition) is 8. The lowest BCUT2D eigenvalue weighted by Gasteiger charge is -2.05. The zero-order chi connectivity index (χ0) is 15.8. The van der Waals surface area contributed by atoms with Gasteiger partial charge in [-0.25, -0.2) is 29.9 Å². The number of imidazole rings is 2. The van der Waals surface area contributed by atoms with Gasteiger partial charge in [0, 0.05) is 13.1 Å². The summed E-state index contributed by atoms with van der Waals surface area (Å²) in [6.07, 6.45) is 7.19. The molecule has 0 spiro atoms. The Morgan fingerprint density at radius 1 is 0.696 bits per heavy atom. The lowest BCUT2D eigenvalue weighted by molar-refractivity contribution is 0.575. The zero-order valence-corrected chi connectivity index (χ0v) is 12.2. The average Bonchev–Trinajstić information content (AvgIpc) is 3.14. The molecule has 10 nitrogen and oxygen atoms in total. The SMILES string of the molecule is Nc1ncnc2c1ncn2CCCn1cnc2c(N)ncnc21. The number of aryl methyl sites for hydroxylation is 2. The summed E-state index contributed by atoms with van der Waals surface area (Å²) in [6, 6.07) is 0. The lowest BCUT2D eigenvalue weighted by Crippen LogP contribution is -2.04. The number of nitrogens with zero attached hydrogens (tertiary/aromatic N) is 8. The highest BCUT2D eigenvalue weighted by Gasteiger charge is 2.09. The quantitative estimate of drug-likeness (QED) is 0.545. The Hall–Kier alpha value is -3.30.